The van der Waals surface area contributed by atoms with Crippen molar-refractivity contribution in [1.29, 1.82) is 0 Å². The summed E-state index contributed by atoms with van der Waals surface area (Å²) in [5, 5.41) is 3.00. The summed E-state index contributed by atoms with van der Waals surface area (Å²) in [6.45, 7) is 2.00. The van der Waals surface area contributed by atoms with Crippen LogP contribution in [-0.4, -0.2) is 63.6 Å². The fraction of sp³-hybridized carbons (Fsp3) is 0.391. The summed E-state index contributed by atoms with van der Waals surface area (Å²) in [7, 11) is 0. The van der Waals surface area contributed by atoms with Gasteiger partial charge in [0.1, 0.15) is 5.52 Å². The van der Waals surface area contributed by atoms with Gasteiger partial charge in [-0.25, -0.2) is 9.97 Å². The Labute approximate surface area is 180 Å². The van der Waals surface area contributed by atoms with Crippen molar-refractivity contribution < 1.29 is 14.3 Å². The minimum Gasteiger partial charge on any atom is -0.381 e. The maximum absolute atomic E-state index is 13.2. The summed E-state index contributed by atoms with van der Waals surface area (Å²) in [5.74, 6) is -0.332. The maximum atomic E-state index is 13.2. The lowest BCUT2D eigenvalue weighted by atomic mass is 10.0. The summed E-state index contributed by atoms with van der Waals surface area (Å²) in [6.07, 6.45) is 5.94. The summed E-state index contributed by atoms with van der Waals surface area (Å²) in [4.78, 5) is 36.0. The van der Waals surface area contributed by atoms with Crippen LogP contribution in [-0.2, 0) is 16.0 Å². The number of piperazine rings is 1. The first-order chi connectivity index (χ1) is 15.2. The van der Waals surface area contributed by atoms with Gasteiger partial charge in [0.15, 0.2) is 5.65 Å². The number of hydrogen-bond donors (Lipinski definition) is 1. The number of nitrogens with one attached hydrogen (secondary N) is 1. The Kier molecular flexibility index (Phi) is 5.38. The second kappa shape index (κ2) is 8.47. The van der Waals surface area contributed by atoms with Gasteiger partial charge < -0.3 is 19.5 Å². The lowest BCUT2D eigenvalue weighted by Crippen LogP contribution is -2.56. The number of carbonyl (C=O) groups excluding carboxylic acids is 2. The molecule has 1 N–H and O–H groups in total. The van der Waals surface area contributed by atoms with E-state index < -0.39 is 0 Å². The van der Waals surface area contributed by atoms with Crippen LogP contribution in [0.3, 0.4) is 0 Å². The van der Waals surface area contributed by atoms with E-state index in [2.05, 4.69) is 19.9 Å². The number of carbonyl (C=O) groups is 2. The number of ether oxygens (including phenoxy) is 1. The van der Waals surface area contributed by atoms with E-state index in [1.54, 1.807) is 23.5 Å². The standard InChI is InChI=1S/C23H25N5O3/c29-21-14-27(13-18(26-21)10-16-4-2-1-3-5-16)23(30)17-11-20-22(24-12-17)28(15-25-20)19-6-8-31-9-7-19/h1-5,11-12,15,18-19H,6-10,13-14H2,(H,26,29)/t18-/m0/s1. The van der Waals surface area contributed by atoms with Gasteiger partial charge >= 0.3 is 0 Å². The third kappa shape index (κ3) is 4.16. The van der Waals surface area contributed by atoms with Crippen LogP contribution in [0.1, 0.15) is 34.8 Å². The number of rotatable bonds is 4. The van der Waals surface area contributed by atoms with Crippen LogP contribution < -0.4 is 5.32 Å². The lowest BCUT2D eigenvalue weighted by molar-refractivity contribution is -0.124. The van der Waals surface area contributed by atoms with Crippen molar-refractivity contribution in [3.63, 3.8) is 0 Å². The van der Waals surface area contributed by atoms with Crippen LogP contribution in [0.2, 0.25) is 0 Å². The molecule has 160 valence electrons. The fourth-order valence-corrected chi connectivity index (χ4v) is 4.44. The summed E-state index contributed by atoms with van der Waals surface area (Å²) in [5.41, 5.74) is 3.06. The van der Waals surface area contributed by atoms with Gasteiger partial charge in [0.25, 0.3) is 5.91 Å². The summed E-state index contributed by atoms with van der Waals surface area (Å²) in [6, 6.07) is 11.9. The Bertz CT molecular complexity index is 1090. The van der Waals surface area contributed by atoms with Crippen LogP contribution in [0.25, 0.3) is 11.2 Å². The average molecular weight is 419 g/mol. The van der Waals surface area contributed by atoms with Gasteiger partial charge in [-0.3, -0.25) is 9.59 Å². The van der Waals surface area contributed by atoms with Crippen LogP contribution in [0, 0.1) is 0 Å². The van der Waals surface area contributed by atoms with E-state index in [9.17, 15) is 9.59 Å². The first kappa shape index (κ1) is 19.7. The molecular formula is C23H25N5O3. The zero-order valence-electron chi connectivity index (χ0n) is 17.2. The predicted octanol–water partition coefficient (Wildman–Crippen LogP) is 1.97. The number of benzene rings is 1. The van der Waals surface area contributed by atoms with Gasteiger partial charge in [-0.2, -0.15) is 0 Å². The van der Waals surface area contributed by atoms with E-state index in [0.717, 1.165) is 37.3 Å². The Hall–Kier alpha value is -3.26. The highest BCUT2D eigenvalue weighted by Crippen LogP contribution is 2.25. The van der Waals surface area contributed by atoms with E-state index in [0.29, 0.717) is 30.1 Å². The molecule has 5 rings (SSSR count). The minimum atomic E-state index is -0.192. The molecule has 2 saturated heterocycles. The predicted molar refractivity (Wildman–Crippen MR) is 115 cm³/mol. The van der Waals surface area contributed by atoms with Crippen LogP contribution in [0.4, 0.5) is 0 Å². The van der Waals surface area contributed by atoms with Gasteiger partial charge in [0.2, 0.25) is 5.91 Å². The van der Waals surface area contributed by atoms with Crippen molar-refractivity contribution in [2.45, 2.75) is 31.3 Å². The molecule has 0 bridgehead atoms. The molecule has 2 fully saturated rings. The molecule has 0 unspecified atom stereocenters. The molecule has 2 aliphatic heterocycles. The largest absolute Gasteiger partial charge is 0.381 e. The third-order valence-electron chi connectivity index (χ3n) is 6.00. The fourth-order valence-electron chi connectivity index (χ4n) is 4.44. The van der Waals surface area contributed by atoms with E-state index >= 15 is 0 Å². The Morgan fingerprint density at radius 1 is 1.16 bits per heavy atom. The van der Waals surface area contributed by atoms with Crippen LogP contribution >= 0.6 is 0 Å². The molecule has 31 heavy (non-hydrogen) atoms. The Balaban J connectivity index is 1.33. The second-order valence-electron chi connectivity index (χ2n) is 8.20. The Morgan fingerprint density at radius 3 is 2.77 bits per heavy atom. The molecule has 0 saturated carbocycles. The normalized spacial score (nSPS) is 20.1. The molecule has 0 aliphatic carbocycles. The SMILES string of the molecule is O=C1CN(C(=O)c2cnc3c(c2)ncn3C2CCOCC2)C[C@H](Cc2ccccc2)N1. The monoisotopic (exact) mass is 419 g/mol. The number of pyridine rings is 1. The number of amides is 2. The number of hydrogen-bond acceptors (Lipinski definition) is 5. The highest BCUT2D eigenvalue weighted by atomic mass is 16.5. The molecule has 8 nitrogen and oxygen atoms in total. The maximum Gasteiger partial charge on any atom is 0.256 e. The van der Waals surface area contributed by atoms with Crippen molar-refractivity contribution in [2.75, 3.05) is 26.3 Å². The first-order valence-electron chi connectivity index (χ1n) is 10.7. The summed E-state index contributed by atoms with van der Waals surface area (Å²) >= 11 is 0. The van der Waals surface area contributed by atoms with Crippen molar-refractivity contribution in [3.8, 4) is 0 Å². The molecule has 2 aliphatic rings. The molecule has 0 radical (unpaired) electrons. The number of fused-ring (bicyclic) bond motifs is 1. The molecular weight excluding hydrogens is 394 g/mol. The zero-order valence-corrected chi connectivity index (χ0v) is 17.2. The quantitative estimate of drug-likeness (QED) is 0.698. The molecule has 1 aromatic carbocycles. The van der Waals surface area contributed by atoms with Gasteiger partial charge in [-0.15, -0.1) is 0 Å². The zero-order chi connectivity index (χ0) is 21.2. The van der Waals surface area contributed by atoms with E-state index in [-0.39, 0.29) is 24.4 Å². The highest BCUT2D eigenvalue weighted by molar-refractivity contribution is 5.98. The molecule has 2 aromatic heterocycles. The average Bonchev–Trinajstić information content (AvgIpc) is 3.23. The van der Waals surface area contributed by atoms with Crippen LogP contribution in [0.15, 0.2) is 48.9 Å². The van der Waals surface area contributed by atoms with Gasteiger partial charge in [-0.1, -0.05) is 30.3 Å². The lowest BCUT2D eigenvalue weighted by Gasteiger charge is -2.33. The van der Waals surface area contributed by atoms with Gasteiger partial charge in [-0.05, 0) is 30.9 Å². The molecule has 1 atom stereocenters. The topological polar surface area (TPSA) is 89.4 Å². The smallest absolute Gasteiger partial charge is 0.256 e. The van der Waals surface area contributed by atoms with Gasteiger partial charge in [0, 0.05) is 32.0 Å². The van der Waals surface area contributed by atoms with Gasteiger partial charge in [0.05, 0.1) is 24.5 Å². The highest BCUT2D eigenvalue weighted by Gasteiger charge is 2.29. The molecule has 8 heteroatoms. The molecule has 0 spiro atoms. The second-order valence-corrected chi connectivity index (χ2v) is 8.20. The molecule has 4 heterocycles. The minimum absolute atomic E-state index is 0.0542. The van der Waals surface area contributed by atoms with E-state index in [1.165, 1.54) is 0 Å². The Morgan fingerprint density at radius 2 is 1.97 bits per heavy atom. The van der Waals surface area contributed by atoms with Crippen molar-refractivity contribution in [1.82, 2.24) is 24.8 Å². The van der Waals surface area contributed by atoms with Crippen LogP contribution in [0.5, 0.6) is 0 Å². The molecule has 3 aromatic rings. The van der Waals surface area contributed by atoms with Crippen molar-refractivity contribution >= 4 is 23.0 Å². The van der Waals surface area contributed by atoms with Crippen molar-refractivity contribution in [3.05, 3.63) is 60.0 Å². The molecule has 2 amide bonds. The number of imidazole rings is 1. The third-order valence-corrected chi connectivity index (χ3v) is 6.00. The van der Waals surface area contributed by atoms with E-state index in [4.69, 9.17) is 4.74 Å². The van der Waals surface area contributed by atoms with E-state index in [1.807, 2.05) is 30.3 Å². The van der Waals surface area contributed by atoms with Crippen molar-refractivity contribution in [2.24, 2.45) is 0 Å². The number of aromatic nitrogens is 3. The summed E-state index contributed by atoms with van der Waals surface area (Å²) < 4.78 is 7.53. The first-order valence-corrected chi connectivity index (χ1v) is 10.7. The number of nitrogens with zero attached hydrogens (tertiary/aromatic N) is 4.